The number of benzene rings is 2. The van der Waals surface area contributed by atoms with Crippen molar-refractivity contribution in [2.24, 2.45) is 0 Å². The van der Waals surface area contributed by atoms with Gasteiger partial charge in [-0.05, 0) is 43.2 Å². The second-order valence-electron chi connectivity index (χ2n) is 6.59. The Hall–Kier alpha value is -2.45. The minimum atomic E-state index is -4.51. The zero-order chi connectivity index (χ0) is 19.7. The summed E-state index contributed by atoms with van der Waals surface area (Å²) >= 11 is 1.34. The van der Waals surface area contributed by atoms with Crippen LogP contribution in [0.1, 0.15) is 28.8 Å². The third-order valence-corrected chi connectivity index (χ3v) is 5.67. The molecule has 1 aromatic heterocycles. The van der Waals surface area contributed by atoms with E-state index < -0.39 is 17.6 Å². The maximum absolute atomic E-state index is 13.2. The lowest BCUT2D eigenvalue weighted by atomic mass is 10.1. The summed E-state index contributed by atoms with van der Waals surface area (Å²) in [4.78, 5) is 19.1. The second kappa shape index (κ2) is 7.52. The smallest absolute Gasteiger partial charge is 0.376 e. The Bertz CT molecular complexity index is 963. The first-order valence-corrected chi connectivity index (χ1v) is 9.70. The van der Waals surface area contributed by atoms with Gasteiger partial charge in [-0.25, -0.2) is 4.98 Å². The average molecular weight is 406 g/mol. The number of aromatic nitrogens is 1. The quantitative estimate of drug-likeness (QED) is 0.602. The summed E-state index contributed by atoms with van der Waals surface area (Å²) in [5.74, 6) is -0.513. The lowest BCUT2D eigenvalue weighted by Crippen LogP contribution is -2.37. The van der Waals surface area contributed by atoms with Gasteiger partial charge in [-0.2, -0.15) is 13.2 Å². The highest BCUT2D eigenvalue weighted by Crippen LogP contribution is 2.33. The fourth-order valence-electron chi connectivity index (χ4n) is 3.20. The molecule has 8 heteroatoms. The Balaban J connectivity index is 1.71. The number of ether oxygens (including phenoxy) is 1. The molecule has 0 bridgehead atoms. The van der Waals surface area contributed by atoms with Gasteiger partial charge in [0.05, 0.1) is 28.4 Å². The molecule has 1 saturated heterocycles. The molecule has 28 heavy (non-hydrogen) atoms. The summed E-state index contributed by atoms with van der Waals surface area (Å²) < 4.78 is 45.8. The topological polar surface area (TPSA) is 42.4 Å². The fourth-order valence-corrected chi connectivity index (χ4v) is 4.17. The number of amides is 1. The van der Waals surface area contributed by atoms with Crippen molar-refractivity contribution in [1.82, 2.24) is 4.98 Å². The van der Waals surface area contributed by atoms with Crippen LogP contribution in [0, 0.1) is 0 Å². The standard InChI is InChI=1S/C20H17F3N2O2S/c21-20(22,23)14-6-3-5-13(11-14)18(26)25(12-15-7-4-10-27-15)19-24-16-8-1-2-9-17(16)28-19/h1-3,5-6,8-9,11,15H,4,7,10,12H2/t15-/m0/s1. The maximum Gasteiger partial charge on any atom is 0.416 e. The molecule has 4 rings (SSSR count). The highest BCUT2D eigenvalue weighted by atomic mass is 32.1. The van der Waals surface area contributed by atoms with Crippen LogP contribution in [0.15, 0.2) is 48.5 Å². The molecule has 1 fully saturated rings. The second-order valence-corrected chi connectivity index (χ2v) is 7.60. The fraction of sp³-hybridized carbons (Fsp3) is 0.300. The van der Waals surface area contributed by atoms with E-state index in [-0.39, 0.29) is 18.2 Å². The number of hydrogen-bond donors (Lipinski definition) is 0. The number of thiazole rings is 1. The Morgan fingerprint density at radius 3 is 2.75 bits per heavy atom. The number of carbonyl (C=O) groups excluding carboxylic acids is 1. The van der Waals surface area contributed by atoms with Crippen LogP contribution in [-0.2, 0) is 10.9 Å². The van der Waals surface area contributed by atoms with Crippen LogP contribution in [0.25, 0.3) is 10.2 Å². The summed E-state index contributed by atoms with van der Waals surface area (Å²) in [6.07, 6.45) is -2.96. The summed E-state index contributed by atoms with van der Waals surface area (Å²) in [6, 6.07) is 12.0. The van der Waals surface area contributed by atoms with E-state index in [4.69, 9.17) is 4.74 Å². The van der Waals surface area contributed by atoms with E-state index in [1.165, 1.54) is 28.4 Å². The van der Waals surface area contributed by atoms with Crippen LogP contribution in [0.4, 0.5) is 18.3 Å². The van der Waals surface area contributed by atoms with Gasteiger partial charge in [0.1, 0.15) is 0 Å². The minimum Gasteiger partial charge on any atom is -0.376 e. The maximum atomic E-state index is 13.2. The molecule has 0 saturated carbocycles. The summed E-state index contributed by atoms with van der Waals surface area (Å²) in [5, 5.41) is 0.458. The van der Waals surface area contributed by atoms with Crippen molar-refractivity contribution in [3.05, 3.63) is 59.7 Å². The molecule has 146 valence electrons. The molecule has 0 N–H and O–H groups in total. The molecule has 1 amide bonds. The molecule has 2 aromatic carbocycles. The molecule has 0 spiro atoms. The number of hydrogen-bond acceptors (Lipinski definition) is 4. The third-order valence-electron chi connectivity index (χ3n) is 4.61. The Kier molecular flexibility index (Phi) is 5.07. The van der Waals surface area contributed by atoms with Crippen LogP contribution in [0.2, 0.25) is 0 Å². The van der Waals surface area contributed by atoms with Crippen molar-refractivity contribution in [2.75, 3.05) is 18.1 Å². The molecule has 2 heterocycles. The van der Waals surface area contributed by atoms with E-state index in [2.05, 4.69) is 4.98 Å². The number of para-hydroxylation sites is 1. The van der Waals surface area contributed by atoms with Crippen LogP contribution in [0.5, 0.6) is 0 Å². The van der Waals surface area contributed by atoms with E-state index in [1.807, 2.05) is 24.3 Å². The zero-order valence-electron chi connectivity index (χ0n) is 14.8. The van der Waals surface area contributed by atoms with Gasteiger partial charge in [0.15, 0.2) is 5.13 Å². The Morgan fingerprint density at radius 2 is 2.04 bits per heavy atom. The molecule has 4 nitrogen and oxygen atoms in total. The summed E-state index contributed by atoms with van der Waals surface area (Å²) in [7, 11) is 0. The number of nitrogens with zero attached hydrogens (tertiary/aromatic N) is 2. The highest BCUT2D eigenvalue weighted by Gasteiger charge is 2.32. The van der Waals surface area contributed by atoms with Gasteiger partial charge in [-0.3, -0.25) is 9.69 Å². The molecular weight excluding hydrogens is 389 g/mol. The van der Waals surface area contributed by atoms with E-state index in [0.717, 1.165) is 35.2 Å². The van der Waals surface area contributed by atoms with E-state index in [9.17, 15) is 18.0 Å². The van der Waals surface area contributed by atoms with Gasteiger partial charge in [0.25, 0.3) is 5.91 Å². The van der Waals surface area contributed by atoms with E-state index >= 15 is 0 Å². The number of fused-ring (bicyclic) bond motifs is 1. The number of halogens is 3. The van der Waals surface area contributed by atoms with Crippen molar-refractivity contribution >= 4 is 32.6 Å². The van der Waals surface area contributed by atoms with Gasteiger partial charge in [-0.15, -0.1) is 0 Å². The Morgan fingerprint density at radius 1 is 1.21 bits per heavy atom. The number of anilines is 1. The first kappa shape index (κ1) is 18.9. The average Bonchev–Trinajstić information content (AvgIpc) is 3.34. The largest absolute Gasteiger partial charge is 0.416 e. The number of alkyl halides is 3. The molecular formula is C20H17F3N2O2S. The van der Waals surface area contributed by atoms with Crippen molar-refractivity contribution in [3.8, 4) is 0 Å². The molecule has 1 aliphatic rings. The molecule has 1 atom stereocenters. The van der Waals surface area contributed by atoms with Gasteiger partial charge < -0.3 is 4.74 Å². The van der Waals surface area contributed by atoms with Crippen molar-refractivity contribution < 1.29 is 22.7 Å². The van der Waals surface area contributed by atoms with Crippen molar-refractivity contribution in [1.29, 1.82) is 0 Å². The number of carbonyl (C=O) groups is 1. The monoisotopic (exact) mass is 406 g/mol. The molecule has 3 aromatic rings. The predicted molar refractivity (Wildman–Crippen MR) is 102 cm³/mol. The first-order chi connectivity index (χ1) is 13.4. The van der Waals surface area contributed by atoms with Gasteiger partial charge in [0.2, 0.25) is 0 Å². The molecule has 0 aliphatic carbocycles. The zero-order valence-corrected chi connectivity index (χ0v) is 15.6. The third kappa shape index (κ3) is 3.88. The van der Waals surface area contributed by atoms with Gasteiger partial charge in [0, 0.05) is 12.2 Å². The van der Waals surface area contributed by atoms with Gasteiger partial charge in [-0.1, -0.05) is 29.5 Å². The predicted octanol–water partition coefficient (Wildman–Crippen LogP) is 5.14. The van der Waals surface area contributed by atoms with Crippen LogP contribution < -0.4 is 4.90 Å². The molecule has 0 unspecified atom stereocenters. The molecule has 0 radical (unpaired) electrons. The normalized spacial score (nSPS) is 17.2. The van der Waals surface area contributed by atoms with Crippen molar-refractivity contribution in [3.63, 3.8) is 0 Å². The molecule has 1 aliphatic heterocycles. The van der Waals surface area contributed by atoms with E-state index in [1.54, 1.807) is 0 Å². The number of rotatable bonds is 4. The Labute approximate surface area is 163 Å². The first-order valence-electron chi connectivity index (χ1n) is 8.88. The van der Waals surface area contributed by atoms with E-state index in [0.29, 0.717) is 11.7 Å². The van der Waals surface area contributed by atoms with Crippen LogP contribution in [0.3, 0.4) is 0 Å². The lowest BCUT2D eigenvalue weighted by molar-refractivity contribution is -0.137. The summed E-state index contributed by atoms with van der Waals surface area (Å²) in [6.45, 7) is 0.880. The van der Waals surface area contributed by atoms with Crippen LogP contribution >= 0.6 is 11.3 Å². The lowest BCUT2D eigenvalue weighted by Gasteiger charge is -2.23. The minimum absolute atomic E-state index is 0.0212. The van der Waals surface area contributed by atoms with Gasteiger partial charge >= 0.3 is 6.18 Å². The van der Waals surface area contributed by atoms with Crippen LogP contribution in [-0.4, -0.2) is 30.1 Å². The van der Waals surface area contributed by atoms with Crippen molar-refractivity contribution in [2.45, 2.75) is 25.1 Å². The highest BCUT2D eigenvalue weighted by molar-refractivity contribution is 7.22. The SMILES string of the molecule is O=C(c1cccc(C(F)(F)F)c1)N(C[C@@H]1CCCO1)c1nc2ccccc2s1. The summed E-state index contributed by atoms with van der Waals surface area (Å²) in [5.41, 5.74) is -0.122.